The SMILES string of the molecule is Cc1cccc(N2CCN(S(=O)(=O)N3CCN(C)CC3)CC2)n1. The molecule has 0 unspecified atom stereocenters. The van der Waals surface area contributed by atoms with E-state index < -0.39 is 10.2 Å². The van der Waals surface area contributed by atoms with Crippen LogP contribution in [0.2, 0.25) is 0 Å². The van der Waals surface area contributed by atoms with Gasteiger partial charge in [-0.3, -0.25) is 0 Å². The van der Waals surface area contributed by atoms with Gasteiger partial charge in [0, 0.05) is 58.1 Å². The average molecular weight is 339 g/mol. The van der Waals surface area contributed by atoms with Gasteiger partial charge in [0.05, 0.1) is 0 Å². The highest BCUT2D eigenvalue weighted by molar-refractivity contribution is 7.86. The van der Waals surface area contributed by atoms with E-state index in [0.29, 0.717) is 39.3 Å². The van der Waals surface area contributed by atoms with Crippen molar-refractivity contribution in [1.29, 1.82) is 0 Å². The first-order valence-corrected chi connectivity index (χ1v) is 9.49. The van der Waals surface area contributed by atoms with Crippen molar-refractivity contribution < 1.29 is 8.42 Å². The van der Waals surface area contributed by atoms with Crippen LogP contribution in [0.1, 0.15) is 5.69 Å². The first-order chi connectivity index (χ1) is 11.0. The Morgan fingerprint density at radius 3 is 2.04 bits per heavy atom. The number of pyridine rings is 1. The van der Waals surface area contributed by atoms with E-state index in [1.807, 2.05) is 32.2 Å². The smallest absolute Gasteiger partial charge is 0.282 e. The molecule has 128 valence electrons. The predicted octanol–water partition coefficient (Wildman–Crippen LogP) is 0.00422. The van der Waals surface area contributed by atoms with Gasteiger partial charge in [-0.1, -0.05) is 6.07 Å². The predicted molar refractivity (Wildman–Crippen MR) is 90.7 cm³/mol. The molecule has 2 saturated heterocycles. The maximum Gasteiger partial charge on any atom is 0.282 e. The fourth-order valence-corrected chi connectivity index (χ4v) is 4.61. The largest absolute Gasteiger partial charge is 0.354 e. The number of hydrogen-bond acceptors (Lipinski definition) is 5. The van der Waals surface area contributed by atoms with E-state index in [0.717, 1.165) is 24.6 Å². The second-order valence-electron chi connectivity index (χ2n) is 6.23. The zero-order valence-electron chi connectivity index (χ0n) is 13.8. The summed E-state index contributed by atoms with van der Waals surface area (Å²) in [4.78, 5) is 8.84. The molecule has 0 aliphatic carbocycles. The van der Waals surface area contributed by atoms with Crippen LogP contribution in [0, 0.1) is 6.92 Å². The molecule has 0 N–H and O–H groups in total. The van der Waals surface area contributed by atoms with E-state index in [4.69, 9.17) is 0 Å². The molecule has 3 heterocycles. The molecule has 0 radical (unpaired) electrons. The van der Waals surface area contributed by atoms with Crippen LogP contribution in [0.3, 0.4) is 0 Å². The van der Waals surface area contributed by atoms with Crippen molar-refractivity contribution in [3.63, 3.8) is 0 Å². The number of rotatable bonds is 3. The fourth-order valence-electron chi connectivity index (χ4n) is 3.03. The molecule has 0 spiro atoms. The van der Waals surface area contributed by atoms with Gasteiger partial charge in [-0.15, -0.1) is 0 Å². The highest BCUT2D eigenvalue weighted by atomic mass is 32.2. The molecule has 0 saturated carbocycles. The molecule has 8 heteroatoms. The highest BCUT2D eigenvalue weighted by Crippen LogP contribution is 2.18. The number of aryl methyl sites for hydroxylation is 1. The number of anilines is 1. The minimum Gasteiger partial charge on any atom is -0.354 e. The minimum absolute atomic E-state index is 0.518. The Morgan fingerprint density at radius 2 is 1.48 bits per heavy atom. The van der Waals surface area contributed by atoms with Gasteiger partial charge in [-0.2, -0.15) is 17.0 Å². The van der Waals surface area contributed by atoms with Crippen molar-refractivity contribution in [3.05, 3.63) is 23.9 Å². The van der Waals surface area contributed by atoms with Gasteiger partial charge in [-0.05, 0) is 26.1 Å². The third-order valence-electron chi connectivity index (χ3n) is 4.55. The first-order valence-electron chi connectivity index (χ1n) is 8.09. The first kappa shape index (κ1) is 16.6. The second kappa shape index (κ2) is 6.72. The summed E-state index contributed by atoms with van der Waals surface area (Å²) in [6.07, 6.45) is 0. The lowest BCUT2D eigenvalue weighted by atomic mass is 10.3. The second-order valence-corrected chi connectivity index (χ2v) is 8.16. The van der Waals surface area contributed by atoms with E-state index in [1.54, 1.807) is 8.61 Å². The maximum atomic E-state index is 12.7. The normalized spacial score (nSPS) is 22.4. The number of aromatic nitrogens is 1. The van der Waals surface area contributed by atoms with Crippen LogP contribution in [-0.4, -0.2) is 86.3 Å². The monoisotopic (exact) mass is 339 g/mol. The van der Waals surface area contributed by atoms with Crippen molar-refractivity contribution in [3.8, 4) is 0 Å². The molecule has 0 bridgehead atoms. The third-order valence-corrected chi connectivity index (χ3v) is 6.59. The Bertz CT molecular complexity index is 635. The Hall–Kier alpha value is -1.22. The standard InChI is InChI=1S/C15H25N5O2S/c1-14-4-3-5-15(16-14)18-8-12-20(13-9-18)23(21,22)19-10-6-17(2)7-11-19/h3-5H,6-13H2,1-2H3. The highest BCUT2D eigenvalue weighted by Gasteiger charge is 2.33. The molecule has 7 nitrogen and oxygen atoms in total. The van der Waals surface area contributed by atoms with Gasteiger partial charge in [-0.25, -0.2) is 4.98 Å². The van der Waals surface area contributed by atoms with Gasteiger partial charge >= 0.3 is 0 Å². The van der Waals surface area contributed by atoms with E-state index in [1.165, 1.54) is 0 Å². The van der Waals surface area contributed by atoms with Crippen LogP contribution < -0.4 is 4.90 Å². The summed E-state index contributed by atoms with van der Waals surface area (Å²) in [5.41, 5.74) is 0.981. The molecule has 2 aliphatic rings. The average Bonchev–Trinajstić information content (AvgIpc) is 2.55. The molecule has 0 amide bonds. The van der Waals surface area contributed by atoms with Crippen LogP contribution in [-0.2, 0) is 10.2 Å². The lowest BCUT2D eigenvalue weighted by Crippen LogP contribution is -2.56. The molecule has 2 fully saturated rings. The Balaban J connectivity index is 1.62. The van der Waals surface area contributed by atoms with Crippen molar-refractivity contribution >= 4 is 16.0 Å². The molecular formula is C15H25N5O2S. The van der Waals surface area contributed by atoms with E-state index in [9.17, 15) is 8.42 Å². The zero-order chi connectivity index (χ0) is 16.4. The van der Waals surface area contributed by atoms with Crippen LogP contribution in [0.15, 0.2) is 18.2 Å². The van der Waals surface area contributed by atoms with Gasteiger partial charge in [0.15, 0.2) is 0 Å². The summed E-state index contributed by atoms with van der Waals surface area (Å²) in [5.74, 6) is 0.932. The summed E-state index contributed by atoms with van der Waals surface area (Å²) in [5, 5.41) is 0. The summed E-state index contributed by atoms with van der Waals surface area (Å²) < 4.78 is 28.7. The summed E-state index contributed by atoms with van der Waals surface area (Å²) in [7, 11) is -1.30. The number of likely N-dealkylation sites (N-methyl/N-ethyl adjacent to an activating group) is 1. The van der Waals surface area contributed by atoms with E-state index in [2.05, 4.69) is 14.8 Å². The molecule has 1 aromatic heterocycles. The van der Waals surface area contributed by atoms with Crippen LogP contribution in [0.4, 0.5) is 5.82 Å². The lowest BCUT2D eigenvalue weighted by molar-refractivity contribution is 0.210. The fraction of sp³-hybridized carbons (Fsp3) is 0.667. The zero-order valence-corrected chi connectivity index (χ0v) is 14.7. The van der Waals surface area contributed by atoms with E-state index in [-0.39, 0.29) is 0 Å². The van der Waals surface area contributed by atoms with Gasteiger partial charge in [0.2, 0.25) is 0 Å². The molecule has 3 rings (SSSR count). The minimum atomic E-state index is -3.33. The molecule has 2 aliphatic heterocycles. The van der Waals surface area contributed by atoms with Crippen LogP contribution in [0.5, 0.6) is 0 Å². The van der Waals surface area contributed by atoms with E-state index >= 15 is 0 Å². The summed E-state index contributed by atoms with van der Waals surface area (Å²) in [6.45, 7) is 7.13. The maximum absolute atomic E-state index is 12.7. The topological polar surface area (TPSA) is 60.0 Å². The molecule has 23 heavy (non-hydrogen) atoms. The van der Waals surface area contributed by atoms with Gasteiger partial charge in [0.25, 0.3) is 10.2 Å². The van der Waals surface area contributed by atoms with Crippen molar-refractivity contribution in [1.82, 2.24) is 18.5 Å². The lowest BCUT2D eigenvalue weighted by Gasteiger charge is -2.39. The number of hydrogen-bond donors (Lipinski definition) is 0. The van der Waals surface area contributed by atoms with Crippen LogP contribution in [0.25, 0.3) is 0 Å². The molecule has 1 aromatic rings. The molecule has 0 aromatic carbocycles. The Labute approximate surface area is 138 Å². The quantitative estimate of drug-likeness (QED) is 0.776. The number of piperazine rings is 2. The van der Waals surface area contributed by atoms with Crippen molar-refractivity contribution in [2.45, 2.75) is 6.92 Å². The van der Waals surface area contributed by atoms with Crippen molar-refractivity contribution in [2.75, 3.05) is 64.3 Å². The third kappa shape index (κ3) is 3.65. The Kier molecular flexibility index (Phi) is 4.86. The Morgan fingerprint density at radius 1 is 0.913 bits per heavy atom. The van der Waals surface area contributed by atoms with Gasteiger partial charge < -0.3 is 9.80 Å². The number of nitrogens with zero attached hydrogens (tertiary/aromatic N) is 5. The van der Waals surface area contributed by atoms with Crippen LogP contribution >= 0.6 is 0 Å². The summed E-state index contributed by atoms with van der Waals surface area (Å²) >= 11 is 0. The molecule has 0 atom stereocenters. The summed E-state index contributed by atoms with van der Waals surface area (Å²) in [6, 6.07) is 5.94. The van der Waals surface area contributed by atoms with Crippen molar-refractivity contribution in [2.24, 2.45) is 0 Å². The van der Waals surface area contributed by atoms with Gasteiger partial charge in [0.1, 0.15) is 5.82 Å². The molecular weight excluding hydrogens is 314 g/mol.